The Morgan fingerprint density at radius 3 is 1.29 bits per heavy atom. The fraction of sp³-hybridized carbons (Fsp3) is 0.379. The molecule has 2 atom stereocenters. The largest absolute Gasteiger partial charge is 0.479 e. The molecule has 0 saturated carbocycles. The predicted octanol–water partition coefficient (Wildman–Crippen LogP) is 3.78. The lowest BCUT2D eigenvalue weighted by Gasteiger charge is -2.22. The van der Waals surface area contributed by atoms with Crippen LogP contribution in [0.1, 0.15) is 62.3 Å². The van der Waals surface area contributed by atoms with Crippen LogP contribution >= 0.6 is 0 Å². The minimum atomic E-state index is -1.67. The van der Waals surface area contributed by atoms with Gasteiger partial charge in [-0.2, -0.15) is 0 Å². The number of aliphatic carboxylic acids is 1. The summed E-state index contributed by atoms with van der Waals surface area (Å²) in [7, 11) is 1.14. The second-order valence-corrected chi connectivity index (χ2v) is 10.5. The molecule has 0 aromatic heterocycles. The molecule has 0 fully saturated rings. The second kappa shape index (κ2) is 15.2. The Kier molecular flexibility index (Phi) is 12.7. The van der Waals surface area contributed by atoms with Gasteiger partial charge in [0, 0.05) is 11.1 Å². The SMILES string of the molecule is CC(C)(C)OC(=O)N[C@H](C(=O)O)C(=O)c1ccccc1.COC(=O)[C@@H](NC(=O)OC(C)(C)C)C(=O)c1ccccc1. The summed E-state index contributed by atoms with van der Waals surface area (Å²) in [6, 6.07) is 12.9. The van der Waals surface area contributed by atoms with Crippen molar-refractivity contribution >= 4 is 35.7 Å². The molecule has 3 N–H and O–H groups in total. The number of ketones is 2. The standard InChI is InChI=1S/C15H19NO5.C14H17NO5/c1-15(2,3)21-14(19)16-11(13(18)20-4)12(17)10-8-6-5-7-9-10;1-14(2,3)20-13(19)15-10(12(17)18)11(16)9-7-5-4-6-8-9/h5-9,11H,1-4H3,(H,16,19);4-8,10H,1-3H3,(H,15,19)(H,17,18)/t11-;10-/m00/s1. The summed E-state index contributed by atoms with van der Waals surface area (Å²) in [4.78, 5) is 70.4. The van der Waals surface area contributed by atoms with Crippen LogP contribution in [-0.4, -0.2) is 71.2 Å². The number of benzene rings is 2. The minimum Gasteiger partial charge on any atom is -0.479 e. The first kappa shape index (κ1) is 34.3. The molecule has 0 unspecified atom stereocenters. The summed E-state index contributed by atoms with van der Waals surface area (Å²) in [5, 5.41) is 13.4. The van der Waals surface area contributed by atoms with E-state index in [1.165, 1.54) is 12.1 Å². The highest BCUT2D eigenvalue weighted by molar-refractivity contribution is 6.14. The molecule has 12 nitrogen and oxygen atoms in total. The van der Waals surface area contributed by atoms with Crippen LogP contribution in [0.2, 0.25) is 0 Å². The van der Waals surface area contributed by atoms with E-state index in [2.05, 4.69) is 15.4 Å². The number of carbonyl (C=O) groups is 6. The first-order valence-electron chi connectivity index (χ1n) is 12.4. The quantitative estimate of drug-likeness (QED) is 0.183. The maximum absolute atomic E-state index is 12.3. The second-order valence-electron chi connectivity index (χ2n) is 10.5. The van der Waals surface area contributed by atoms with Gasteiger partial charge in [0.15, 0.2) is 23.7 Å². The predicted molar refractivity (Wildman–Crippen MR) is 148 cm³/mol. The van der Waals surface area contributed by atoms with E-state index in [1.807, 2.05) is 0 Å². The van der Waals surface area contributed by atoms with Crippen molar-refractivity contribution < 1.29 is 48.1 Å². The van der Waals surface area contributed by atoms with Crippen LogP contribution < -0.4 is 10.6 Å². The van der Waals surface area contributed by atoms with E-state index >= 15 is 0 Å². The van der Waals surface area contributed by atoms with E-state index in [-0.39, 0.29) is 5.56 Å². The number of hydrogen-bond donors (Lipinski definition) is 3. The van der Waals surface area contributed by atoms with Gasteiger partial charge in [-0.25, -0.2) is 19.2 Å². The summed E-state index contributed by atoms with van der Waals surface area (Å²) in [6.07, 6.45) is -1.81. The number of amides is 2. The molecule has 2 aromatic carbocycles. The topological polar surface area (TPSA) is 174 Å². The van der Waals surface area contributed by atoms with Gasteiger partial charge in [0.2, 0.25) is 0 Å². The zero-order valence-electron chi connectivity index (χ0n) is 24.0. The van der Waals surface area contributed by atoms with E-state index in [0.717, 1.165) is 7.11 Å². The smallest absolute Gasteiger partial charge is 0.408 e. The van der Waals surface area contributed by atoms with Crippen LogP contribution in [0.4, 0.5) is 9.59 Å². The number of nitrogens with one attached hydrogen (secondary N) is 2. The van der Waals surface area contributed by atoms with Crippen molar-refractivity contribution in [2.24, 2.45) is 0 Å². The monoisotopic (exact) mass is 572 g/mol. The normalized spacial score (nSPS) is 12.3. The molecule has 2 rings (SSSR count). The number of ether oxygens (including phenoxy) is 3. The molecular weight excluding hydrogens is 536 g/mol. The first-order chi connectivity index (χ1) is 18.9. The van der Waals surface area contributed by atoms with Crippen molar-refractivity contribution in [3.8, 4) is 0 Å². The molecule has 0 bridgehead atoms. The zero-order valence-corrected chi connectivity index (χ0v) is 24.0. The minimum absolute atomic E-state index is 0.205. The number of hydrogen-bond acceptors (Lipinski definition) is 9. The molecule has 0 saturated heterocycles. The molecule has 2 amide bonds. The maximum Gasteiger partial charge on any atom is 0.408 e. The molecule has 0 spiro atoms. The van der Waals surface area contributed by atoms with Crippen LogP contribution in [0.3, 0.4) is 0 Å². The molecular formula is C29H36N2O10. The van der Waals surface area contributed by atoms with Crippen molar-refractivity contribution in [1.82, 2.24) is 10.6 Å². The van der Waals surface area contributed by atoms with Gasteiger partial charge in [-0.15, -0.1) is 0 Å². The molecule has 0 aliphatic rings. The van der Waals surface area contributed by atoms with Gasteiger partial charge in [0.25, 0.3) is 0 Å². The van der Waals surface area contributed by atoms with Crippen molar-refractivity contribution in [2.45, 2.75) is 64.8 Å². The molecule has 0 aliphatic heterocycles. The van der Waals surface area contributed by atoms with Crippen LogP contribution in [0.15, 0.2) is 60.7 Å². The fourth-order valence-electron chi connectivity index (χ4n) is 2.98. The van der Waals surface area contributed by atoms with Crippen LogP contribution in [0.5, 0.6) is 0 Å². The van der Waals surface area contributed by atoms with Gasteiger partial charge in [0.1, 0.15) is 11.2 Å². The average molecular weight is 573 g/mol. The van der Waals surface area contributed by atoms with E-state index in [9.17, 15) is 28.8 Å². The Balaban J connectivity index is 0.000000410. The Morgan fingerprint density at radius 1 is 0.634 bits per heavy atom. The number of carboxylic acid groups (broad SMARTS) is 1. The van der Waals surface area contributed by atoms with Crippen molar-refractivity contribution in [1.29, 1.82) is 0 Å². The van der Waals surface area contributed by atoms with E-state index in [4.69, 9.17) is 14.6 Å². The summed E-state index contributed by atoms with van der Waals surface area (Å²) in [6.45, 7) is 9.96. The van der Waals surface area contributed by atoms with Gasteiger partial charge in [-0.1, -0.05) is 60.7 Å². The first-order valence-corrected chi connectivity index (χ1v) is 12.4. The number of carbonyl (C=O) groups excluding carboxylic acids is 5. The van der Waals surface area contributed by atoms with Gasteiger partial charge in [-0.3, -0.25) is 9.59 Å². The van der Waals surface area contributed by atoms with Crippen LogP contribution in [-0.2, 0) is 23.8 Å². The molecule has 2 aromatic rings. The highest BCUT2D eigenvalue weighted by Crippen LogP contribution is 2.10. The molecule has 222 valence electrons. The van der Waals surface area contributed by atoms with Gasteiger partial charge < -0.3 is 30.0 Å². The van der Waals surface area contributed by atoms with Gasteiger partial charge >= 0.3 is 24.1 Å². The summed E-state index contributed by atoms with van der Waals surface area (Å²) < 4.78 is 14.5. The van der Waals surface area contributed by atoms with E-state index < -0.39 is 59.0 Å². The number of esters is 1. The Hall–Kier alpha value is -4.74. The third-order valence-corrected chi connectivity index (χ3v) is 4.65. The molecule has 0 radical (unpaired) electrons. The van der Waals surface area contributed by atoms with E-state index in [0.29, 0.717) is 5.56 Å². The Labute approximate surface area is 238 Å². The van der Waals surface area contributed by atoms with Gasteiger partial charge in [-0.05, 0) is 41.5 Å². The molecule has 0 heterocycles. The van der Waals surface area contributed by atoms with Crippen molar-refractivity contribution in [3.05, 3.63) is 71.8 Å². The summed E-state index contributed by atoms with van der Waals surface area (Å²) in [5.41, 5.74) is -1.01. The molecule has 41 heavy (non-hydrogen) atoms. The van der Waals surface area contributed by atoms with Crippen molar-refractivity contribution in [3.63, 3.8) is 0 Å². The average Bonchev–Trinajstić information content (AvgIpc) is 2.88. The highest BCUT2D eigenvalue weighted by Gasteiger charge is 2.32. The number of methoxy groups -OCH3 is 1. The van der Waals surface area contributed by atoms with E-state index in [1.54, 1.807) is 90.1 Å². The highest BCUT2D eigenvalue weighted by atomic mass is 16.6. The number of rotatable bonds is 8. The summed E-state index contributed by atoms with van der Waals surface area (Å²) in [5.74, 6) is -3.56. The maximum atomic E-state index is 12.3. The fourth-order valence-corrected chi connectivity index (χ4v) is 2.98. The van der Waals surface area contributed by atoms with Crippen molar-refractivity contribution in [2.75, 3.05) is 7.11 Å². The lowest BCUT2D eigenvalue weighted by atomic mass is 10.0. The number of Topliss-reactive ketones (excluding diaryl/α,β-unsaturated/α-hetero) is 2. The lowest BCUT2D eigenvalue weighted by molar-refractivity contribution is -0.141. The Morgan fingerprint density at radius 2 is 0.976 bits per heavy atom. The third kappa shape index (κ3) is 12.8. The molecule has 12 heteroatoms. The number of alkyl carbamates (subject to hydrolysis) is 2. The third-order valence-electron chi connectivity index (χ3n) is 4.65. The van der Waals surface area contributed by atoms with Gasteiger partial charge in [0.05, 0.1) is 7.11 Å². The van der Waals surface area contributed by atoms with Crippen LogP contribution in [0, 0.1) is 0 Å². The lowest BCUT2D eigenvalue weighted by Crippen LogP contribution is -2.48. The molecule has 0 aliphatic carbocycles. The zero-order chi connectivity index (χ0) is 31.4. The number of carboxylic acids is 1. The summed E-state index contributed by atoms with van der Waals surface area (Å²) >= 11 is 0. The Bertz CT molecular complexity index is 1220. The van der Waals surface area contributed by atoms with Crippen LogP contribution in [0.25, 0.3) is 0 Å².